The van der Waals surface area contributed by atoms with E-state index < -0.39 is 6.10 Å². The molecule has 1 aliphatic rings. The lowest BCUT2D eigenvalue weighted by Gasteiger charge is -2.27. The van der Waals surface area contributed by atoms with Crippen LogP contribution in [0.25, 0.3) is 11.3 Å². The molecule has 2 aromatic carbocycles. The van der Waals surface area contributed by atoms with Gasteiger partial charge in [0.1, 0.15) is 11.4 Å². The Labute approximate surface area is 212 Å². The van der Waals surface area contributed by atoms with Crippen LogP contribution in [0.1, 0.15) is 25.3 Å². The van der Waals surface area contributed by atoms with Gasteiger partial charge in [0, 0.05) is 50.5 Å². The van der Waals surface area contributed by atoms with E-state index >= 15 is 0 Å². The molecule has 1 fully saturated rings. The molecule has 2 atom stereocenters. The molecule has 2 heterocycles. The molecule has 0 spiro atoms. The minimum absolute atomic E-state index is 0.145. The van der Waals surface area contributed by atoms with Gasteiger partial charge in [0.2, 0.25) is 5.88 Å². The van der Waals surface area contributed by atoms with Gasteiger partial charge in [0.25, 0.3) is 0 Å². The van der Waals surface area contributed by atoms with Gasteiger partial charge in [0.05, 0.1) is 24.4 Å². The zero-order chi connectivity index (χ0) is 24.6. The summed E-state index contributed by atoms with van der Waals surface area (Å²) in [6.45, 7) is 5.31. The van der Waals surface area contributed by atoms with E-state index in [4.69, 9.17) is 30.9 Å². The summed E-state index contributed by atoms with van der Waals surface area (Å²) in [4.78, 5) is 2.22. The fourth-order valence-electron chi connectivity index (χ4n) is 4.37. The molecule has 35 heavy (non-hydrogen) atoms. The van der Waals surface area contributed by atoms with E-state index in [1.54, 1.807) is 16.8 Å². The van der Waals surface area contributed by atoms with Crippen molar-refractivity contribution in [2.75, 3.05) is 32.9 Å². The predicted molar refractivity (Wildman–Crippen MR) is 137 cm³/mol. The summed E-state index contributed by atoms with van der Waals surface area (Å²) in [7, 11) is 1.88. The summed E-state index contributed by atoms with van der Waals surface area (Å²) in [5.74, 6) is 1.34. The Hall–Kier alpha value is -2.42. The fraction of sp³-hybridized carbons (Fsp3) is 0.444. The molecular weight excluding hydrogens is 466 g/mol. The Morgan fingerprint density at radius 1 is 1.20 bits per heavy atom. The molecule has 0 aliphatic carbocycles. The first kappa shape index (κ1) is 25.7. The van der Waals surface area contributed by atoms with Gasteiger partial charge >= 0.3 is 0 Å². The molecule has 0 amide bonds. The average Bonchev–Trinajstić information content (AvgIpc) is 3.48. The van der Waals surface area contributed by atoms with E-state index in [0.717, 1.165) is 36.3 Å². The van der Waals surface area contributed by atoms with Crippen molar-refractivity contribution in [2.24, 2.45) is 7.05 Å². The third-order valence-electron chi connectivity index (χ3n) is 6.01. The first-order valence-electron chi connectivity index (χ1n) is 12.2. The monoisotopic (exact) mass is 499 g/mol. The number of hydrogen-bond donors (Lipinski definition) is 1. The quantitative estimate of drug-likeness (QED) is 0.382. The summed E-state index contributed by atoms with van der Waals surface area (Å²) >= 11 is 6.07. The summed E-state index contributed by atoms with van der Waals surface area (Å²) in [5.41, 5.74) is 2.82. The summed E-state index contributed by atoms with van der Waals surface area (Å²) in [5, 5.41) is 16.1. The summed E-state index contributed by atoms with van der Waals surface area (Å²) in [6.07, 6.45) is 1.62. The standard InChI is InChI=1S/C27H34ClN3O4/c1-3-33-19-22(32)16-31(17-24-10-7-15-34-24)18-25-26(20-8-5-4-6-9-20)29-30(2)27(25)35-23-13-11-21(28)12-14-23/h4-6,8-9,11-14,22,24,32H,3,7,10,15-19H2,1-2H3/t22-,24-/m1/s1. The maximum atomic E-state index is 10.7. The lowest BCUT2D eigenvalue weighted by atomic mass is 10.1. The van der Waals surface area contributed by atoms with Crippen molar-refractivity contribution in [3.05, 3.63) is 65.2 Å². The smallest absolute Gasteiger partial charge is 0.222 e. The van der Waals surface area contributed by atoms with Gasteiger partial charge < -0.3 is 19.3 Å². The van der Waals surface area contributed by atoms with Gasteiger partial charge in [0.15, 0.2) is 0 Å². The SMILES string of the molecule is CCOC[C@H](O)CN(Cc1c(-c2ccccc2)nn(C)c1Oc1ccc(Cl)cc1)C[C@H]1CCCO1. The van der Waals surface area contributed by atoms with Crippen LogP contribution in [0.4, 0.5) is 0 Å². The lowest BCUT2D eigenvalue weighted by Crippen LogP contribution is -2.39. The van der Waals surface area contributed by atoms with Crippen molar-refractivity contribution >= 4 is 11.6 Å². The molecule has 1 N–H and O–H groups in total. The molecule has 0 unspecified atom stereocenters. The van der Waals surface area contributed by atoms with Crippen molar-refractivity contribution in [1.29, 1.82) is 0 Å². The van der Waals surface area contributed by atoms with E-state index in [9.17, 15) is 5.11 Å². The van der Waals surface area contributed by atoms with Crippen molar-refractivity contribution in [1.82, 2.24) is 14.7 Å². The number of aliphatic hydroxyl groups is 1. The number of hydrogen-bond acceptors (Lipinski definition) is 6. The number of nitrogens with zero attached hydrogens (tertiary/aromatic N) is 3. The zero-order valence-electron chi connectivity index (χ0n) is 20.4. The highest BCUT2D eigenvalue weighted by Crippen LogP contribution is 2.34. The molecule has 0 saturated carbocycles. The number of aliphatic hydroxyl groups excluding tert-OH is 1. The van der Waals surface area contributed by atoms with Crippen LogP contribution in [-0.4, -0.2) is 64.9 Å². The second-order valence-corrected chi connectivity index (χ2v) is 9.26. The van der Waals surface area contributed by atoms with Crippen molar-refractivity contribution in [2.45, 2.75) is 38.5 Å². The number of ether oxygens (including phenoxy) is 3. The third-order valence-corrected chi connectivity index (χ3v) is 6.27. The van der Waals surface area contributed by atoms with Crippen LogP contribution in [-0.2, 0) is 23.1 Å². The van der Waals surface area contributed by atoms with E-state index in [1.807, 2.05) is 56.4 Å². The van der Waals surface area contributed by atoms with Crippen molar-refractivity contribution in [3.63, 3.8) is 0 Å². The van der Waals surface area contributed by atoms with Crippen molar-refractivity contribution < 1.29 is 19.3 Å². The minimum atomic E-state index is -0.603. The Balaban J connectivity index is 1.66. The van der Waals surface area contributed by atoms with Gasteiger partial charge in [-0.25, -0.2) is 4.68 Å². The molecule has 1 saturated heterocycles. The molecule has 0 bridgehead atoms. The maximum absolute atomic E-state index is 10.7. The number of halogens is 1. The summed E-state index contributed by atoms with van der Waals surface area (Å²) in [6, 6.07) is 17.4. The molecule has 0 radical (unpaired) electrons. The Morgan fingerprint density at radius 3 is 2.66 bits per heavy atom. The third kappa shape index (κ3) is 7.06. The van der Waals surface area contributed by atoms with Crippen LogP contribution < -0.4 is 4.74 Å². The molecule has 1 aromatic heterocycles. The first-order chi connectivity index (χ1) is 17.0. The molecule has 4 rings (SSSR count). The highest BCUT2D eigenvalue weighted by atomic mass is 35.5. The molecule has 188 valence electrons. The highest BCUT2D eigenvalue weighted by molar-refractivity contribution is 6.30. The van der Waals surface area contributed by atoms with Crippen LogP contribution in [0.3, 0.4) is 0 Å². The zero-order valence-corrected chi connectivity index (χ0v) is 21.2. The molecule has 3 aromatic rings. The van der Waals surface area contributed by atoms with Crippen molar-refractivity contribution in [3.8, 4) is 22.9 Å². The Bertz CT molecular complexity index is 1050. The number of aromatic nitrogens is 2. The first-order valence-corrected chi connectivity index (χ1v) is 12.6. The van der Waals surface area contributed by atoms with Gasteiger partial charge in [-0.2, -0.15) is 5.10 Å². The average molecular weight is 500 g/mol. The number of rotatable bonds is 12. The van der Waals surface area contributed by atoms with Gasteiger partial charge in [-0.3, -0.25) is 4.90 Å². The second kappa shape index (κ2) is 12.5. The van der Waals surface area contributed by atoms with E-state index in [2.05, 4.69) is 4.90 Å². The van der Waals surface area contributed by atoms with E-state index in [1.165, 1.54) is 0 Å². The van der Waals surface area contributed by atoms with E-state index in [-0.39, 0.29) is 6.10 Å². The number of aryl methyl sites for hydroxylation is 1. The van der Waals surface area contributed by atoms with Gasteiger partial charge in [-0.15, -0.1) is 0 Å². The fourth-order valence-corrected chi connectivity index (χ4v) is 4.50. The van der Waals surface area contributed by atoms with Crippen LogP contribution >= 0.6 is 11.6 Å². The summed E-state index contributed by atoms with van der Waals surface area (Å²) < 4.78 is 19.5. The molecule has 8 heteroatoms. The Morgan fingerprint density at radius 2 is 1.97 bits per heavy atom. The normalized spacial score (nSPS) is 16.7. The van der Waals surface area contributed by atoms with Crippen LogP contribution in [0, 0.1) is 0 Å². The molecule has 7 nitrogen and oxygen atoms in total. The lowest BCUT2D eigenvalue weighted by molar-refractivity contribution is 0.00505. The largest absolute Gasteiger partial charge is 0.439 e. The highest BCUT2D eigenvalue weighted by Gasteiger charge is 2.26. The van der Waals surface area contributed by atoms with Gasteiger partial charge in [-0.05, 0) is 44.0 Å². The van der Waals surface area contributed by atoms with Crippen LogP contribution in [0.5, 0.6) is 11.6 Å². The number of benzene rings is 2. The maximum Gasteiger partial charge on any atom is 0.222 e. The minimum Gasteiger partial charge on any atom is -0.439 e. The van der Waals surface area contributed by atoms with Gasteiger partial charge in [-0.1, -0.05) is 41.9 Å². The second-order valence-electron chi connectivity index (χ2n) is 8.82. The van der Waals surface area contributed by atoms with E-state index in [0.29, 0.717) is 49.5 Å². The Kier molecular flexibility index (Phi) is 9.18. The molecular formula is C27H34ClN3O4. The van der Waals surface area contributed by atoms with Crippen LogP contribution in [0.2, 0.25) is 5.02 Å². The van der Waals surface area contributed by atoms with Crippen LogP contribution in [0.15, 0.2) is 54.6 Å². The topological polar surface area (TPSA) is 69.0 Å². The predicted octanol–water partition coefficient (Wildman–Crippen LogP) is 4.91. The molecule has 1 aliphatic heterocycles.